The van der Waals surface area contributed by atoms with Crippen LogP contribution < -0.4 is 4.74 Å². The molecule has 2 heterocycles. The summed E-state index contributed by atoms with van der Waals surface area (Å²) in [6.07, 6.45) is 8.84. The summed E-state index contributed by atoms with van der Waals surface area (Å²) in [5.41, 5.74) is 4.09. The van der Waals surface area contributed by atoms with E-state index in [1.54, 1.807) is 0 Å². The van der Waals surface area contributed by atoms with Crippen molar-refractivity contribution in [1.29, 1.82) is 0 Å². The van der Waals surface area contributed by atoms with Crippen molar-refractivity contribution in [2.45, 2.75) is 57.7 Å². The zero-order chi connectivity index (χ0) is 21.0. The highest BCUT2D eigenvalue weighted by Gasteiger charge is 2.22. The third-order valence-electron chi connectivity index (χ3n) is 6.78. The molecule has 3 aromatic rings. The van der Waals surface area contributed by atoms with Crippen LogP contribution >= 0.6 is 0 Å². The van der Waals surface area contributed by atoms with Crippen molar-refractivity contribution in [3.8, 4) is 5.75 Å². The molecule has 0 radical (unpaired) electrons. The van der Waals surface area contributed by atoms with E-state index in [4.69, 9.17) is 4.74 Å². The van der Waals surface area contributed by atoms with Gasteiger partial charge in [0.2, 0.25) is 0 Å². The number of benzene rings is 2. The minimum absolute atomic E-state index is 0.127. The number of rotatable bonds is 9. The minimum atomic E-state index is -0.127. The van der Waals surface area contributed by atoms with Gasteiger partial charge in [-0.1, -0.05) is 30.3 Å². The van der Waals surface area contributed by atoms with E-state index >= 15 is 0 Å². The van der Waals surface area contributed by atoms with Gasteiger partial charge in [-0.2, -0.15) is 0 Å². The summed E-state index contributed by atoms with van der Waals surface area (Å²) < 4.78 is 8.52. The lowest BCUT2D eigenvalue weighted by molar-refractivity contribution is 0.0794. The number of nitrogens with zero attached hydrogens (tertiary/aromatic N) is 2. The van der Waals surface area contributed by atoms with Gasteiger partial charge in [0.15, 0.2) is 0 Å². The van der Waals surface area contributed by atoms with Gasteiger partial charge in [-0.05, 0) is 73.8 Å². The van der Waals surface area contributed by atoms with Crippen molar-refractivity contribution in [3.05, 3.63) is 65.9 Å². The number of aryl methyl sites for hydroxylation is 2. The van der Waals surface area contributed by atoms with Gasteiger partial charge in [-0.15, -0.1) is 0 Å². The molecule has 1 saturated heterocycles. The molecule has 4 heteroatoms. The van der Waals surface area contributed by atoms with Crippen LogP contribution in [0.1, 0.15) is 43.2 Å². The summed E-state index contributed by atoms with van der Waals surface area (Å²) in [4.78, 5) is 2.48. The fourth-order valence-corrected chi connectivity index (χ4v) is 4.67. The number of aliphatic hydroxyl groups excluding tert-OH is 1. The molecule has 1 aliphatic carbocycles. The number of fused-ring (bicyclic) bond motifs is 1. The van der Waals surface area contributed by atoms with E-state index in [1.165, 1.54) is 34.9 Å². The number of ether oxygens (including phenoxy) is 1. The van der Waals surface area contributed by atoms with E-state index in [0.29, 0.717) is 0 Å². The van der Waals surface area contributed by atoms with E-state index < -0.39 is 0 Å². The van der Waals surface area contributed by atoms with Crippen LogP contribution in [0.2, 0.25) is 0 Å². The maximum atomic E-state index is 9.86. The number of hydrogen-bond donors (Lipinski definition) is 1. The Hall–Kier alpha value is -2.30. The molecule has 0 spiro atoms. The average Bonchev–Trinajstić information content (AvgIpc) is 3.57. The molecule has 4 nitrogen and oxygen atoms in total. The van der Waals surface area contributed by atoms with Gasteiger partial charge in [0.25, 0.3) is 0 Å². The SMILES string of the molecule is OC1CCN(Cc2cn(CCCc3ccccc3)c3ccc(OCC4CC4)cc23)CC1. The lowest BCUT2D eigenvalue weighted by atomic mass is 10.1. The Bertz CT molecular complexity index is 985. The second kappa shape index (κ2) is 9.46. The Morgan fingerprint density at radius 1 is 0.968 bits per heavy atom. The molecular weight excluding hydrogens is 384 g/mol. The molecule has 0 unspecified atom stereocenters. The molecule has 1 N–H and O–H groups in total. The highest BCUT2D eigenvalue weighted by molar-refractivity contribution is 5.85. The van der Waals surface area contributed by atoms with E-state index in [1.807, 2.05) is 0 Å². The number of hydrogen-bond acceptors (Lipinski definition) is 3. The largest absolute Gasteiger partial charge is 0.493 e. The van der Waals surface area contributed by atoms with Gasteiger partial charge in [-0.3, -0.25) is 4.90 Å². The first kappa shape index (κ1) is 20.6. The predicted molar refractivity (Wildman–Crippen MR) is 125 cm³/mol. The Balaban J connectivity index is 1.34. The van der Waals surface area contributed by atoms with E-state index in [9.17, 15) is 5.11 Å². The molecule has 31 heavy (non-hydrogen) atoms. The van der Waals surface area contributed by atoms with Gasteiger partial charge < -0.3 is 14.4 Å². The molecule has 2 aromatic carbocycles. The first-order valence-electron chi connectivity index (χ1n) is 11.9. The van der Waals surface area contributed by atoms with Crippen LogP contribution in [-0.2, 0) is 19.5 Å². The monoisotopic (exact) mass is 418 g/mol. The molecule has 5 rings (SSSR count). The van der Waals surface area contributed by atoms with Crippen molar-refractivity contribution >= 4 is 10.9 Å². The van der Waals surface area contributed by atoms with Crippen LogP contribution in [0.3, 0.4) is 0 Å². The Morgan fingerprint density at radius 3 is 2.55 bits per heavy atom. The first-order valence-corrected chi connectivity index (χ1v) is 11.9. The van der Waals surface area contributed by atoms with Crippen LogP contribution in [0, 0.1) is 5.92 Å². The molecule has 2 fully saturated rings. The van der Waals surface area contributed by atoms with Crippen LogP contribution in [-0.4, -0.2) is 40.4 Å². The van der Waals surface area contributed by atoms with Crippen LogP contribution in [0.5, 0.6) is 5.75 Å². The zero-order valence-electron chi connectivity index (χ0n) is 18.4. The molecule has 164 valence electrons. The molecule has 0 amide bonds. The third-order valence-corrected chi connectivity index (χ3v) is 6.78. The highest BCUT2D eigenvalue weighted by Crippen LogP contribution is 2.32. The third kappa shape index (κ3) is 5.31. The van der Waals surface area contributed by atoms with Crippen molar-refractivity contribution in [2.24, 2.45) is 5.92 Å². The highest BCUT2D eigenvalue weighted by atomic mass is 16.5. The molecular formula is C27H34N2O2. The van der Waals surface area contributed by atoms with Crippen LogP contribution in [0.25, 0.3) is 10.9 Å². The summed E-state index contributed by atoms with van der Waals surface area (Å²) in [5, 5.41) is 11.2. The quantitative estimate of drug-likeness (QED) is 0.530. The van der Waals surface area contributed by atoms with Gasteiger partial charge >= 0.3 is 0 Å². The van der Waals surface area contributed by atoms with E-state index in [2.05, 4.69) is 64.2 Å². The Morgan fingerprint density at radius 2 is 1.77 bits per heavy atom. The molecule has 1 aliphatic heterocycles. The average molecular weight is 419 g/mol. The standard InChI is InChI=1S/C27H34N2O2/c30-24-12-15-28(16-13-24)18-23-19-29(14-4-7-21-5-2-1-3-6-21)27-11-10-25(17-26(23)27)31-20-22-8-9-22/h1-3,5-6,10-11,17,19,22,24,30H,4,7-9,12-16,18,20H2. The molecule has 2 aliphatic rings. The van der Waals surface area contributed by atoms with Gasteiger partial charge in [0, 0.05) is 43.3 Å². The van der Waals surface area contributed by atoms with E-state index in [0.717, 1.165) is 70.1 Å². The second-order valence-electron chi connectivity index (χ2n) is 9.38. The fourth-order valence-electron chi connectivity index (χ4n) is 4.67. The minimum Gasteiger partial charge on any atom is -0.493 e. The Kier molecular flexibility index (Phi) is 6.28. The second-order valence-corrected chi connectivity index (χ2v) is 9.38. The number of aliphatic hydroxyl groups is 1. The van der Waals surface area contributed by atoms with Crippen LogP contribution in [0.15, 0.2) is 54.7 Å². The van der Waals surface area contributed by atoms with Crippen molar-refractivity contribution in [1.82, 2.24) is 9.47 Å². The van der Waals surface area contributed by atoms with Gasteiger partial charge in [-0.25, -0.2) is 0 Å². The summed E-state index contributed by atoms with van der Waals surface area (Å²) >= 11 is 0. The first-order chi connectivity index (χ1) is 15.2. The van der Waals surface area contributed by atoms with Crippen LogP contribution in [0.4, 0.5) is 0 Å². The zero-order valence-corrected chi connectivity index (χ0v) is 18.4. The molecule has 0 atom stereocenters. The lowest BCUT2D eigenvalue weighted by Gasteiger charge is -2.29. The van der Waals surface area contributed by atoms with Gasteiger partial charge in [0.05, 0.1) is 12.7 Å². The summed E-state index contributed by atoms with van der Waals surface area (Å²) in [5.74, 6) is 1.76. The van der Waals surface area contributed by atoms with Crippen molar-refractivity contribution in [2.75, 3.05) is 19.7 Å². The summed E-state index contributed by atoms with van der Waals surface area (Å²) in [6, 6.07) is 17.4. The van der Waals surface area contributed by atoms with Gasteiger partial charge in [0.1, 0.15) is 5.75 Å². The smallest absolute Gasteiger partial charge is 0.120 e. The maximum absolute atomic E-state index is 9.86. The van der Waals surface area contributed by atoms with Crippen molar-refractivity contribution in [3.63, 3.8) is 0 Å². The normalized spacial score (nSPS) is 18.0. The Labute approximate surface area is 185 Å². The van der Waals surface area contributed by atoms with Crippen molar-refractivity contribution < 1.29 is 9.84 Å². The maximum Gasteiger partial charge on any atom is 0.120 e. The number of aromatic nitrogens is 1. The number of likely N-dealkylation sites (tertiary alicyclic amines) is 1. The number of piperidine rings is 1. The lowest BCUT2D eigenvalue weighted by Crippen LogP contribution is -2.35. The van der Waals surface area contributed by atoms with E-state index in [-0.39, 0.29) is 6.10 Å². The predicted octanol–water partition coefficient (Wildman–Crippen LogP) is 5.02. The topological polar surface area (TPSA) is 37.6 Å². The molecule has 1 aromatic heterocycles. The summed E-state index contributed by atoms with van der Waals surface area (Å²) in [7, 11) is 0. The molecule has 0 bridgehead atoms. The summed E-state index contributed by atoms with van der Waals surface area (Å²) in [6.45, 7) is 4.76. The molecule has 1 saturated carbocycles. The fraction of sp³-hybridized carbons (Fsp3) is 0.481.